The van der Waals surface area contributed by atoms with Gasteiger partial charge < -0.3 is 14.6 Å². The molecule has 8 heteroatoms. The van der Waals surface area contributed by atoms with Crippen molar-refractivity contribution in [2.75, 3.05) is 12.4 Å². The second-order valence-electron chi connectivity index (χ2n) is 15.8. The molecule has 0 unspecified atom stereocenters. The Kier molecular flexibility index (Phi) is 31.8. The van der Waals surface area contributed by atoms with Gasteiger partial charge in [0.15, 0.2) is 5.72 Å². The molecule has 0 aromatic rings. The Morgan fingerprint density at radius 2 is 0.960 bits per heavy atom. The van der Waals surface area contributed by atoms with Crippen LogP contribution < -0.4 is 5.32 Å². The highest BCUT2D eigenvalue weighted by molar-refractivity contribution is 7.80. The van der Waals surface area contributed by atoms with Crippen molar-refractivity contribution in [3.05, 3.63) is 0 Å². The number of aliphatic hydroxyl groups is 1. The van der Waals surface area contributed by atoms with E-state index < -0.39 is 35.9 Å². The number of esters is 2. The minimum Gasteiger partial charge on any atom is -0.461 e. The minimum atomic E-state index is -1.89. The van der Waals surface area contributed by atoms with Crippen LogP contribution in [0.25, 0.3) is 0 Å². The smallest absolute Gasteiger partial charge is 0.324 e. The molecule has 0 amide bonds. The average Bonchev–Trinajstić information content (AvgIpc) is 3.06. The predicted molar refractivity (Wildman–Crippen MR) is 213 cm³/mol. The largest absolute Gasteiger partial charge is 0.461 e. The van der Waals surface area contributed by atoms with Crippen LogP contribution in [0.2, 0.25) is 0 Å². The fourth-order valence-corrected chi connectivity index (χ4v) is 6.57. The van der Waals surface area contributed by atoms with Crippen LogP contribution in [0.3, 0.4) is 0 Å². The van der Waals surface area contributed by atoms with Crippen molar-refractivity contribution in [1.29, 1.82) is 0 Å². The van der Waals surface area contributed by atoms with Crippen molar-refractivity contribution < 1.29 is 29.0 Å². The maximum atomic E-state index is 13.0. The molecule has 7 nitrogen and oxygen atoms in total. The second-order valence-corrected chi connectivity index (χ2v) is 16.2. The van der Waals surface area contributed by atoms with Crippen molar-refractivity contribution in [3.8, 4) is 0 Å². The number of unbranched alkanes of at least 4 members (excludes halogenated alkanes) is 24. The van der Waals surface area contributed by atoms with Crippen LogP contribution >= 0.6 is 12.6 Å². The Balaban J connectivity index is 4.56. The molecule has 0 rings (SSSR count). The van der Waals surface area contributed by atoms with Gasteiger partial charge in [-0.1, -0.05) is 168 Å². The Bertz CT molecular complexity index is 832. The zero-order chi connectivity index (χ0) is 37.4. The fraction of sp³-hybridized carbons (Fsp3) is 0.929. The number of ketones is 1. The lowest BCUT2D eigenvalue weighted by Gasteiger charge is -2.33. The maximum absolute atomic E-state index is 13.0. The standard InChI is InChI=1S/C42H81NO6S/c1-6-8-10-12-14-16-18-20-22-24-26-28-30-32-37(44)34-42(47,43-38(35-50)40(46)49-41(3,4)5)36-48-39(45)33-31-29-27-25-23-21-19-17-15-13-11-9-7-2/h38,43,47,50H,6-36H2,1-5H3/t38-,42-/m0/s1. The third-order valence-corrected chi connectivity index (χ3v) is 9.69. The molecule has 0 aliphatic carbocycles. The first-order chi connectivity index (χ1) is 24.0. The predicted octanol–water partition coefficient (Wildman–Crippen LogP) is 11.4. The summed E-state index contributed by atoms with van der Waals surface area (Å²) in [5.41, 5.74) is -2.61. The molecule has 0 aliphatic rings. The van der Waals surface area contributed by atoms with Gasteiger partial charge in [0.25, 0.3) is 0 Å². The van der Waals surface area contributed by atoms with Gasteiger partial charge in [-0.25, -0.2) is 0 Å². The van der Waals surface area contributed by atoms with Gasteiger partial charge in [-0.2, -0.15) is 12.6 Å². The lowest BCUT2D eigenvalue weighted by atomic mass is 10.00. The van der Waals surface area contributed by atoms with Gasteiger partial charge in [-0.15, -0.1) is 0 Å². The summed E-state index contributed by atoms with van der Waals surface area (Å²) in [4.78, 5) is 38.4. The zero-order valence-corrected chi connectivity index (χ0v) is 34.3. The van der Waals surface area contributed by atoms with E-state index >= 15 is 0 Å². The van der Waals surface area contributed by atoms with Crippen molar-refractivity contribution in [3.63, 3.8) is 0 Å². The van der Waals surface area contributed by atoms with Gasteiger partial charge >= 0.3 is 11.9 Å². The van der Waals surface area contributed by atoms with Crippen molar-refractivity contribution >= 4 is 30.4 Å². The molecule has 0 spiro atoms. The number of nitrogens with one attached hydrogen (secondary N) is 1. The van der Waals surface area contributed by atoms with E-state index in [2.05, 4.69) is 31.8 Å². The molecule has 0 saturated heterocycles. The summed E-state index contributed by atoms with van der Waals surface area (Å²) in [5.74, 6) is -1.06. The Morgan fingerprint density at radius 3 is 1.32 bits per heavy atom. The lowest BCUT2D eigenvalue weighted by molar-refractivity contribution is -0.165. The molecule has 0 saturated carbocycles. The molecule has 296 valence electrons. The highest BCUT2D eigenvalue weighted by Crippen LogP contribution is 2.19. The average molecular weight is 728 g/mol. The topological polar surface area (TPSA) is 102 Å². The van der Waals surface area contributed by atoms with E-state index in [0.717, 1.165) is 38.5 Å². The van der Waals surface area contributed by atoms with Gasteiger partial charge in [0.1, 0.15) is 24.0 Å². The molecule has 2 atom stereocenters. The summed E-state index contributed by atoms with van der Waals surface area (Å²) < 4.78 is 11.0. The second kappa shape index (κ2) is 32.5. The molecule has 2 N–H and O–H groups in total. The first kappa shape index (κ1) is 48.9. The first-order valence-corrected chi connectivity index (χ1v) is 21.6. The van der Waals surface area contributed by atoms with Gasteiger partial charge in [-0.3, -0.25) is 19.7 Å². The molecule has 0 fully saturated rings. The Labute approximate surface area is 314 Å². The summed E-state index contributed by atoms with van der Waals surface area (Å²) >= 11 is 4.29. The lowest BCUT2D eigenvalue weighted by Crippen LogP contribution is -2.58. The number of ether oxygens (including phenoxy) is 2. The Hall–Kier alpha value is -1.12. The number of thiol groups is 1. The van der Waals surface area contributed by atoms with E-state index in [4.69, 9.17) is 9.47 Å². The zero-order valence-electron chi connectivity index (χ0n) is 33.4. The van der Waals surface area contributed by atoms with Gasteiger partial charge in [0, 0.05) is 18.6 Å². The number of hydrogen-bond acceptors (Lipinski definition) is 8. The minimum absolute atomic E-state index is 0.0528. The van der Waals surface area contributed by atoms with Crippen LogP contribution in [-0.4, -0.2) is 52.6 Å². The van der Waals surface area contributed by atoms with Crippen molar-refractivity contribution in [1.82, 2.24) is 5.32 Å². The van der Waals surface area contributed by atoms with Crippen LogP contribution in [0.4, 0.5) is 0 Å². The van der Waals surface area contributed by atoms with Gasteiger partial charge in [-0.05, 0) is 33.6 Å². The molecular formula is C42H81NO6S. The van der Waals surface area contributed by atoms with Gasteiger partial charge in [0.05, 0.1) is 6.42 Å². The molecule has 0 aliphatic heterocycles. The molecule has 0 heterocycles. The third-order valence-electron chi connectivity index (χ3n) is 9.32. The molecule has 0 aromatic heterocycles. The Morgan fingerprint density at radius 1 is 0.600 bits per heavy atom. The number of rotatable bonds is 36. The van der Waals surface area contributed by atoms with E-state index in [9.17, 15) is 19.5 Å². The fourth-order valence-electron chi connectivity index (χ4n) is 6.33. The quantitative estimate of drug-likeness (QED) is 0.0255. The normalized spacial score (nSPS) is 13.6. The SMILES string of the molecule is CCCCCCCCCCCCCCCC(=O)C[C@](O)(COC(=O)CCCCCCCCCCCCCCC)N[C@@H](CS)C(=O)OC(C)(C)C. The van der Waals surface area contributed by atoms with Crippen LogP contribution in [0.5, 0.6) is 0 Å². The van der Waals surface area contributed by atoms with Crippen LogP contribution in [0, 0.1) is 0 Å². The third kappa shape index (κ3) is 31.6. The monoisotopic (exact) mass is 728 g/mol. The number of hydrogen-bond donors (Lipinski definition) is 3. The van der Waals surface area contributed by atoms with Gasteiger partial charge in [0.2, 0.25) is 0 Å². The van der Waals surface area contributed by atoms with Crippen molar-refractivity contribution in [2.24, 2.45) is 0 Å². The first-order valence-electron chi connectivity index (χ1n) is 21.0. The van der Waals surface area contributed by atoms with Crippen LogP contribution in [-0.2, 0) is 23.9 Å². The molecule has 50 heavy (non-hydrogen) atoms. The number of carbonyl (C=O) groups is 3. The molecule has 0 radical (unpaired) electrons. The summed E-state index contributed by atoms with van der Waals surface area (Å²) in [6.07, 6.45) is 32.2. The van der Waals surface area contributed by atoms with E-state index in [-0.39, 0.29) is 24.4 Å². The molecular weight excluding hydrogens is 647 g/mol. The molecule has 0 bridgehead atoms. The van der Waals surface area contributed by atoms with Crippen molar-refractivity contribution in [2.45, 2.75) is 238 Å². The molecule has 0 aromatic carbocycles. The van der Waals surface area contributed by atoms with Crippen LogP contribution in [0.1, 0.15) is 221 Å². The summed E-state index contributed by atoms with van der Waals surface area (Å²) in [6.45, 7) is 9.39. The van der Waals surface area contributed by atoms with E-state index in [1.165, 1.54) is 128 Å². The van der Waals surface area contributed by atoms with E-state index in [1.807, 2.05) is 0 Å². The summed E-state index contributed by atoms with van der Waals surface area (Å²) in [5, 5.41) is 14.4. The number of carbonyl (C=O) groups excluding carboxylic acids is 3. The summed E-state index contributed by atoms with van der Waals surface area (Å²) in [6, 6.07) is -0.966. The summed E-state index contributed by atoms with van der Waals surface area (Å²) in [7, 11) is 0. The van der Waals surface area contributed by atoms with E-state index in [0.29, 0.717) is 6.42 Å². The van der Waals surface area contributed by atoms with E-state index in [1.54, 1.807) is 20.8 Å². The van der Waals surface area contributed by atoms with Crippen LogP contribution in [0.15, 0.2) is 0 Å². The maximum Gasteiger partial charge on any atom is 0.324 e. The number of Topliss-reactive ketones (excluding diaryl/α,β-unsaturated/α-hetero) is 1. The highest BCUT2D eigenvalue weighted by atomic mass is 32.1. The highest BCUT2D eigenvalue weighted by Gasteiger charge is 2.37.